The quantitative estimate of drug-likeness (QED) is 0.525. The molecule has 8 nitrogen and oxygen atoms in total. The van der Waals surface area contributed by atoms with Gasteiger partial charge in [0.05, 0.1) is 12.4 Å². The summed E-state index contributed by atoms with van der Waals surface area (Å²) in [6.07, 6.45) is 6.28. The summed E-state index contributed by atoms with van der Waals surface area (Å²) in [7, 11) is 0. The Balaban J connectivity index is 1.33. The second kappa shape index (κ2) is 10.5. The number of piperidine rings is 1. The summed E-state index contributed by atoms with van der Waals surface area (Å²) in [4.78, 5) is 32.2. The normalized spacial score (nSPS) is 20.3. The van der Waals surface area contributed by atoms with E-state index in [0.717, 1.165) is 18.9 Å². The second-order valence-corrected chi connectivity index (χ2v) is 11.3. The molecule has 0 radical (unpaired) electrons. The minimum absolute atomic E-state index is 0.0394. The first-order valence-electron chi connectivity index (χ1n) is 12.9. The van der Waals surface area contributed by atoms with Gasteiger partial charge in [-0.2, -0.15) is 0 Å². The van der Waals surface area contributed by atoms with Gasteiger partial charge in [0.15, 0.2) is 5.82 Å². The fraction of sp³-hybridized carbons (Fsp3) is 0.593. The zero-order valence-corrected chi connectivity index (χ0v) is 22.0. The smallest absolute Gasteiger partial charge is 0.248 e. The molecule has 10 heteroatoms. The number of benzene rings is 1. The lowest BCUT2D eigenvalue weighted by Gasteiger charge is -2.41. The van der Waals surface area contributed by atoms with E-state index in [-0.39, 0.29) is 29.9 Å². The molecular weight excluding hydrogens is 480 g/mol. The van der Waals surface area contributed by atoms with Crippen LogP contribution in [0.1, 0.15) is 58.1 Å². The van der Waals surface area contributed by atoms with E-state index in [1.54, 1.807) is 17.7 Å². The molecule has 1 unspecified atom stereocenters. The molecule has 3 N–H and O–H groups in total. The lowest BCUT2D eigenvalue weighted by atomic mass is 9.81. The van der Waals surface area contributed by atoms with Crippen molar-refractivity contribution in [3.63, 3.8) is 0 Å². The average molecular weight is 518 g/mol. The van der Waals surface area contributed by atoms with E-state index in [9.17, 15) is 23.5 Å². The first-order valence-corrected chi connectivity index (χ1v) is 12.9. The number of likely N-dealkylation sites (tertiary alicyclic amines) is 1. The number of aryl methyl sites for hydroxylation is 1. The number of imidazole rings is 1. The Morgan fingerprint density at radius 1 is 1.27 bits per heavy atom. The van der Waals surface area contributed by atoms with Crippen molar-refractivity contribution in [1.29, 1.82) is 0 Å². The second-order valence-electron chi connectivity index (χ2n) is 11.3. The van der Waals surface area contributed by atoms with Gasteiger partial charge in [0, 0.05) is 38.0 Å². The fourth-order valence-electron chi connectivity index (χ4n) is 5.19. The van der Waals surface area contributed by atoms with E-state index in [4.69, 9.17) is 0 Å². The molecule has 0 bridgehead atoms. The number of hydrogen-bond acceptors (Lipinski definition) is 5. The predicted molar refractivity (Wildman–Crippen MR) is 136 cm³/mol. The van der Waals surface area contributed by atoms with Crippen LogP contribution < -0.4 is 10.6 Å². The van der Waals surface area contributed by atoms with Gasteiger partial charge < -0.3 is 25.2 Å². The average Bonchev–Trinajstić information content (AvgIpc) is 3.33. The van der Waals surface area contributed by atoms with Gasteiger partial charge >= 0.3 is 0 Å². The molecule has 2 heterocycles. The molecule has 1 saturated heterocycles. The summed E-state index contributed by atoms with van der Waals surface area (Å²) in [5, 5.41) is 15.6. The molecule has 37 heavy (non-hydrogen) atoms. The third kappa shape index (κ3) is 5.85. The van der Waals surface area contributed by atoms with Crippen LogP contribution in [0.25, 0.3) is 0 Å². The monoisotopic (exact) mass is 517 g/mol. The molecule has 2 aromatic rings. The Morgan fingerprint density at radius 2 is 1.97 bits per heavy atom. The highest BCUT2D eigenvalue weighted by atomic mass is 19.1. The Labute approximate surface area is 216 Å². The van der Waals surface area contributed by atoms with Gasteiger partial charge in [-0.05, 0) is 75.5 Å². The molecule has 1 aromatic heterocycles. The van der Waals surface area contributed by atoms with Crippen LogP contribution in [0, 0.1) is 17.0 Å². The van der Waals surface area contributed by atoms with Crippen molar-refractivity contribution in [1.82, 2.24) is 19.8 Å². The van der Waals surface area contributed by atoms with Crippen LogP contribution in [0.2, 0.25) is 0 Å². The number of aliphatic hydroxyl groups is 1. The standard InChI is InChI=1S/C27H37F2N5O3/c1-17(31-20-6-5-18-11-19(28)12-22(29)21(18)13-20)24(36)32-23-14-34(16-30-23)26(2,3)25(37)33-9-7-27(4,15-35)8-10-33/h11-12,14,16-17,20,31,35H,5-10,13,15H2,1-4H3,(H,32,36)/t17-,20?/m0/s1. The zero-order chi connectivity index (χ0) is 27.0. The van der Waals surface area contributed by atoms with Crippen LogP contribution in [0.15, 0.2) is 24.7 Å². The van der Waals surface area contributed by atoms with Crippen LogP contribution in [0.3, 0.4) is 0 Å². The number of carbonyl (C=O) groups excluding carboxylic acids is 2. The van der Waals surface area contributed by atoms with Gasteiger partial charge in [-0.3, -0.25) is 9.59 Å². The first kappa shape index (κ1) is 27.2. The maximum atomic E-state index is 14.2. The summed E-state index contributed by atoms with van der Waals surface area (Å²) in [5.74, 6) is -1.11. The molecule has 1 aliphatic heterocycles. The van der Waals surface area contributed by atoms with E-state index in [1.807, 2.05) is 25.7 Å². The summed E-state index contributed by atoms with van der Waals surface area (Å²) in [5.41, 5.74) is 0.136. The Kier molecular flexibility index (Phi) is 7.71. The molecule has 0 spiro atoms. The van der Waals surface area contributed by atoms with Crippen LogP contribution >= 0.6 is 0 Å². The third-order valence-corrected chi connectivity index (χ3v) is 7.99. The lowest BCUT2D eigenvalue weighted by Crippen LogP contribution is -2.51. The summed E-state index contributed by atoms with van der Waals surface area (Å²) < 4.78 is 29.4. The number of carbonyl (C=O) groups is 2. The van der Waals surface area contributed by atoms with Crippen molar-refractivity contribution in [2.75, 3.05) is 25.0 Å². The van der Waals surface area contributed by atoms with Crippen molar-refractivity contribution >= 4 is 17.6 Å². The molecule has 202 valence electrons. The number of nitrogens with one attached hydrogen (secondary N) is 2. The van der Waals surface area contributed by atoms with E-state index in [1.165, 1.54) is 12.4 Å². The van der Waals surface area contributed by atoms with Crippen molar-refractivity contribution in [2.45, 2.75) is 77.4 Å². The molecule has 2 amide bonds. The van der Waals surface area contributed by atoms with Gasteiger partial charge in [0.1, 0.15) is 17.2 Å². The highest BCUT2D eigenvalue weighted by Gasteiger charge is 2.38. The number of fused-ring (bicyclic) bond motifs is 1. The van der Waals surface area contributed by atoms with Crippen molar-refractivity contribution in [2.24, 2.45) is 5.41 Å². The number of anilines is 1. The van der Waals surface area contributed by atoms with Crippen LogP contribution in [0.4, 0.5) is 14.6 Å². The van der Waals surface area contributed by atoms with Gasteiger partial charge in [-0.15, -0.1) is 0 Å². The summed E-state index contributed by atoms with van der Waals surface area (Å²) in [6.45, 7) is 8.69. The Morgan fingerprint density at radius 3 is 2.65 bits per heavy atom. The van der Waals surface area contributed by atoms with Gasteiger partial charge in [0.2, 0.25) is 11.8 Å². The molecule has 1 aromatic carbocycles. The highest BCUT2D eigenvalue weighted by Crippen LogP contribution is 2.32. The van der Waals surface area contributed by atoms with E-state index in [0.29, 0.717) is 49.3 Å². The summed E-state index contributed by atoms with van der Waals surface area (Å²) in [6, 6.07) is 1.60. The van der Waals surface area contributed by atoms with Gasteiger partial charge in [0.25, 0.3) is 0 Å². The van der Waals surface area contributed by atoms with E-state index < -0.39 is 23.2 Å². The molecule has 2 atom stereocenters. The van der Waals surface area contributed by atoms with Crippen LogP contribution in [0.5, 0.6) is 0 Å². The molecule has 0 saturated carbocycles. The summed E-state index contributed by atoms with van der Waals surface area (Å²) >= 11 is 0. The fourth-order valence-corrected chi connectivity index (χ4v) is 5.19. The number of amides is 2. The van der Waals surface area contributed by atoms with Gasteiger partial charge in [-0.25, -0.2) is 13.8 Å². The first-order chi connectivity index (χ1) is 17.4. The topological polar surface area (TPSA) is 99.5 Å². The Bertz CT molecular complexity index is 1160. The maximum Gasteiger partial charge on any atom is 0.248 e. The number of nitrogens with zero attached hydrogens (tertiary/aromatic N) is 3. The number of halogens is 2. The number of hydrogen-bond donors (Lipinski definition) is 3. The minimum atomic E-state index is -0.897. The Hall–Kier alpha value is -2.85. The van der Waals surface area contributed by atoms with Crippen molar-refractivity contribution < 1.29 is 23.5 Å². The third-order valence-electron chi connectivity index (χ3n) is 7.99. The SMILES string of the molecule is C[C@H](NC1CCc2cc(F)cc(F)c2C1)C(=O)Nc1cn(C(C)(C)C(=O)N2CCC(C)(CO)CC2)cn1. The van der Waals surface area contributed by atoms with Gasteiger partial charge in [-0.1, -0.05) is 6.92 Å². The predicted octanol–water partition coefficient (Wildman–Crippen LogP) is 2.99. The van der Waals surface area contributed by atoms with E-state index in [2.05, 4.69) is 15.6 Å². The molecule has 4 rings (SSSR count). The number of aliphatic hydroxyl groups excluding tert-OH is 1. The zero-order valence-electron chi connectivity index (χ0n) is 22.0. The lowest BCUT2D eigenvalue weighted by molar-refractivity contribution is -0.142. The highest BCUT2D eigenvalue weighted by molar-refractivity contribution is 5.93. The molecule has 1 aliphatic carbocycles. The van der Waals surface area contributed by atoms with Crippen molar-refractivity contribution in [3.05, 3.63) is 47.4 Å². The van der Waals surface area contributed by atoms with Crippen LogP contribution in [-0.4, -0.2) is 63.2 Å². The van der Waals surface area contributed by atoms with Crippen LogP contribution in [-0.2, 0) is 28.0 Å². The minimum Gasteiger partial charge on any atom is -0.396 e. The molecule has 2 aliphatic rings. The maximum absolute atomic E-state index is 14.2. The van der Waals surface area contributed by atoms with Crippen molar-refractivity contribution in [3.8, 4) is 0 Å². The number of rotatable bonds is 7. The largest absolute Gasteiger partial charge is 0.396 e. The number of aromatic nitrogens is 2. The molecule has 1 fully saturated rings. The molecular formula is C27H37F2N5O3. The van der Waals surface area contributed by atoms with E-state index >= 15 is 0 Å².